The molecule has 6 heteroatoms. The van der Waals surface area contributed by atoms with Crippen molar-refractivity contribution in [2.75, 3.05) is 5.32 Å². The number of benzene rings is 1. The summed E-state index contributed by atoms with van der Waals surface area (Å²) >= 11 is 0. The van der Waals surface area contributed by atoms with Gasteiger partial charge in [0.05, 0.1) is 17.3 Å². The Morgan fingerprint density at radius 1 is 1.39 bits per heavy atom. The molecule has 0 radical (unpaired) electrons. The van der Waals surface area contributed by atoms with Gasteiger partial charge < -0.3 is 16.2 Å². The Kier molecular flexibility index (Phi) is 4.38. The molecule has 1 unspecified atom stereocenters. The van der Waals surface area contributed by atoms with Gasteiger partial charge in [0.25, 0.3) is 0 Å². The van der Waals surface area contributed by atoms with Crippen LogP contribution in [0.4, 0.5) is 10.1 Å². The molecule has 1 atom stereocenters. The first-order chi connectivity index (χ1) is 8.32. The number of carbonyl (C=O) groups excluding carboxylic acids is 1. The van der Waals surface area contributed by atoms with Crippen LogP contribution in [0.2, 0.25) is 0 Å². The highest BCUT2D eigenvalue weighted by Gasteiger charge is 2.18. The number of amides is 1. The van der Waals surface area contributed by atoms with Crippen LogP contribution >= 0.6 is 0 Å². The summed E-state index contributed by atoms with van der Waals surface area (Å²) in [6, 6.07) is 2.51. The normalized spacial score (nSPS) is 12.3. The standard InChI is InChI=1S/C12H15FN2O3/c1-6(2)10(14)11(16)15-9-4-3-7(12(17)18)5-8(9)13/h3-6,10H,14H2,1-2H3,(H,15,16)(H,17,18). The molecule has 0 spiro atoms. The predicted octanol–water partition coefficient (Wildman–Crippen LogP) is 1.45. The Morgan fingerprint density at radius 2 is 2.00 bits per heavy atom. The highest BCUT2D eigenvalue weighted by molar-refractivity contribution is 5.95. The summed E-state index contributed by atoms with van der Waals surface area (Å²) in [5.74, 6) is -2.62. The van der Waals surface area contributed by atoms with Crippen LogP contribution in [0.25, 0.3) is 0 Å². The highest BCUT2D eigenvalue weighted by Crippen LogP contribution is 2.16. The van der Waals surface area contributed by atoms with Gasteiger partial charge in [-0.05, 0) is 24.1 Å². The van der Waals surface area contributed by atoms with Gasteiger partial charge in [0.15, 0.2) is 0 Å². The lowest BCUT2D eigenvalue weighted by Crippen LogP contribution is -2.39. The quantitative estimate of drug-likeness (QED) is 0.758. The zero-order valence-electron chi connectivity index (χ0n) is 10.1. The van der Waals surface area contributed by atoms with Gasteiger partial charge in [0, 0.05) is 0 Å². The fourth-order valence-electron chi connectivity index (χ4n) is 1.27. The molecule has 0 aromatic heterocycles. The fourth-order valence-corrected chi connectivity index (χ4v) is 1.27. The van der Waals surface area contributed by atoms with Crippen LogP contribution in [0.1, 0.15) is 24.2 Å². The van der Waals surface area contributed by atoms with Gasteiger partial charge >= 0.3 is 5.97 Å². The minimum absolute atomic E-state index is 0.0774. The van der Waals surface area contributed by atoms with Gasteiger partial charge in [-0.25, -0.2) is 9.18 Å². The summed E-state index contributed by atoms with van der Waals surface area (Å²) in [6.07, 6.45) is 0. The zero-order chi connectivity index (χ0) is 13.9. The molecule has 1 aromatic carbocycles. The zero-order valence-corrected chi connectivity index (χ0v) is 10.1. The van der Waals surface area contributed by atoms with Gasteiger partial charge in [0.2, 0.25) is 5.91 Å². The molecule has 0 saturated carbocycles. The molecule has 1 aromatic rings. The molecule has 98 valence electrons. The van der Waals surface area contributed by atoms with Crippen molar-refractivity contribution in [2.24, 2.45) is 11.7 Å². The average molecular weight is 254 g/mol. The number of carboxylic acids is 1. The maximum Gasteiger partial charge on any atom is 0.335 e. The first-order valence-corrected chi connectivity index (χ1v) is 5.42. The number of hydrogen-bond donors (Lipinski definition) is 3. The van der Waals surface area contributed by atoms with E-state index in [-0.39, 0.29) is 17.2 Å². The van der Waals surface area contributed by atoms with Crippen LogP contribution in [0.3, 0.4) is 0 Å². The number of hydrogen-bond acceptors (Lipinski definition) is 3. The molecule has 0 aliphatic rings. The molecule has 0 aliphatic carbocycles. The molecule has 0 aliphatic heterocycles. The SMILES string of the molecule is CC(C)C(N)C(=O)Nc1ccc(C(=O)O)cc1F. The van der Waals surface area contributed by atoms with Crippen molar-refractivity contribution in [2.45, 2.75) is 19.9 Å². The monoisotopic (exact) mass is 254 g/mol. The van der Waals surface area contributed by atoms with E-state index >= 15 is 0 Å². The van der Waals surface area contributed by atoms with E-state index in [1.807, 2.05) is 0 Å². The number of rotatable bonds is 4. The van der Waals surface area contributed by atoms with Crippen LogP contribution in [0.15, 0.2) is 18.2 Å². The first-order valence-electron chi connectivity index (χ1n) is 5.42. The van der Waals surface area contributed by atoms with Crippen LogP contribution in [0.5, 0.6) is 0 Å². The third-order valence-corrected chi connectivity index (χ3v) is 2.49. The largest absolute Gasteiger partial charge is 0.478 e. The molecule has 0 fully saturated rings. The van der Waals surface area contributed by atoms with E-state index in [2.05, 4.69) is 5.32 Å². The van der Waals surface area contributed by atoms with Crippen molar-refractivity contribution in [3.05, 3.63) is 29.6 Å². The topological polar surface area (TPSA) is 92.4 Å². The molecule has 18 heavy (non-hydrogen) atoms. The second-order valence-corrected chi connectivity index (χ2v) is 4.26. The Morgan fingerprint density at radius 3 is 2.44 bits per heavy atom. The van der Waals surface area contributed by atoms with E-state index in [0.29, 0.717) is 0 Å². The van der Waals surface area contributed by atoms with Gasteiger partial charge in [-0.3, -0.25) is 4.79 Å². The minimum Gasteiger partial charge on any atom is -0.478 e. The summed E-state index contributed by atoms with van der Waals surface area (Å²) in [4.78, 5) is 22.2. The summed E-state index contributed by atoms with van der Waals surface area (Å²) in [6.45, 7) is 3.54. The molecular formula is C12H15FN2O3. The number of carboxylic acid groups (broad SMARTS) is 1. The van der Waals surface area contributed by atoms with Crippen molar-refractivity contribution in [3.63, 3.8) is 0 Å². The summed E-state index contributed by atoms with van der Waals surface area (Å²) in [5, 5.41) is 11.0. The Bertz CT molecular complexity index is 474. The molecule has 0 bridgehead atoms. The Hall–Kier alpha value is -1.95. The van der Waals surface area contributed by atoms with Crippen molar-refractivity contribution >= 4 is 17.6 Å². The Labute approximate surface area is 104 Å². The number of carbonyl (C=O) groups is 2. The number of nitrogens with one attached hydrogen (secondary N) is 1. The number of aromatic carboxylic acids is 1. The fraction of sp³-hybridized carbons (Fsp3) is 0.333. The molecule has 0 saturated heterocycles. The van der Waals surface area contributed by atoms with E-state index in [1.165, 1.54) is 12.1 Å². The van der Waals surface area contributed by atoms with Crippen LogP contribution < -0.4 is 11.1 Å². The van der Waals surface area contributed by atoms with Crippen molar-refractivity contribution in [3.8, 4) is 0 Å². The van der Waals surface area contributed by atoms with Gasteiger partial charge in [-0.2, -0.15) is 0 Å². The summed E-state index contributed by atoms with van der Waals surface area (Å²) in [5.41, 5.74) is 5.34. The lowest BCUT2D eigenvalue weighted by atomic mass is 10.0. The van der Waals surface area contributed by atoms with Crippen molar-refractivity contribution in [1.82, 2.24) is 0 Å². The molecule has 5 nitrogen and oxygen atoms in total. The van der Waals surface area contributed by atoms with Gasteiger partial charge in [-0.15, -0.1) is 0 Å². The van der Waals surface area contributed by atoms with Crippen LogP contribution in [-0.4, -0.2) is 23.0 Å². The van der Waals surface area contributed by atoms with Crippen LogP contribution in [0, 0.1) is 11.7 Å². The van der Waals surface area contributed by atoms with E-state index in [9.17, 15) is 14.0 Å². The third-order valence-electron chi connectivity index (χ3n) is 2.49. The van der Waals surface area contributed by atoms with Crippen molar-refractivity contribution < 1.29 is 19.1 Å². The van der Waals surface area contributed by atoms with E-state index in [1.54, 1.807) is 13.8 Å². The van der Waals surface area contributed by atoms with Gasteiger partial charge in [-0.1, -0.05) is 13.8 Å². The first kappa shape index (κ1) is 14.1. The average Bonchev–Trinajstić information content (AvgIpc) is 2.30. The van der Waals surface area contributed by atoms with E-state index in [0.717, 1.165) is 6.07 Å². The van der Waals surface area contributed by atoms with E-state index < -0.39 is 23.7 Å². The second kappa shape index (κ2) is 5.59. The smallest absolute Gasteiger partial charge is 0.335 e. The lowest BCUT2D eigenvalue weighted by molar-refractivity contribution is -0.118. The third kappa shape index (κ3) is 3.27. The van der Waals surface area contributed by atoms with E-state index in [4.69, 9.17) is 10.8 Å². The van der Waals surface area contributed by atoms with Gasteiger partial charge in [0.1, 0.15) is 5.82 Å². The second-order valence-electron chi connectivity index (χ2n) is 4.26. The minimum atomic E-state index is -1.23. The molecular weight excluding hydrogens is 239 g/mol. The Balaban J connectivity index is 2.86. The number of halogens is 1. The lowest BCUT2D eigenvalue weighted by Gasteiger charge is -2.15. The van der Waals surface area contributed by atoms with Crippen LogP contribution in [-0.2, 0) is 4.79 Å². The summed E-state index contributed by atoms with van der Waals surface area (Å²) < 4.78 is 13.5. The number of anilines is 1. The maximum absolute atomic E-state index is 13.5. The number of nitrogens with two attached hydrogens (primary N) is 1. The molecule has 0 heterocycles. The van der Waals surface area contributed by atoms with Crippen molar-refractivity contribution in [1.29, 1.82) is 0 Å². The molecule has 1 rings (SSSR count). The predicted molar refractivity (Wildman–Crippen MR) is 64.8 cm³/mol. The maximum atomic E-state index is 13.5. The molecule has 4 N–H and O–H groups in total. The summed E-state index contributed by atoms with van der Waals surface area (Å²) in [7, 11) is 0. The highest BCUT2D eigenvalue weighted by atomic mass is 19.1. The molecule has 1 amide bonds.